The summed E-state index contributed by atoms with van der Waals surface area (Å²) >= 11 is 5.76. The van der Waals surface area contributed by atoms with Crippen LogP contribution in [0.15, 0.2) is 146 Å². The Balaban J connectivity index is 0.000000261. The molecule has 8 fully saturated rings. The molecular formula is C106H158ClNO13. The number of benzene rings is 7. The van der Waals surface area contributed by atoms with Crippen LogP contribution in [0, 0.1) is 60.2 Å². The molecule has 121 heavy (non-hydrogen) atoms. The molecule has 8 saturated carbocycles. The number of carbonyl (C=O) groups excluding carboxylic acids is 2. The van der Waals surface area contributed by atoms with Crippen molar-refractivity contribution in [2.45, 2.75) is 284 Å². The number of aromatic hydroxyl groups is 2. The van der Waals surface area contributed by atoms with E-state index in [2.05, 4.69) is 169 Å². The van der Waals surface area contributed by atoms with Gasteiger partial charge in [-0.1, -0.05) is 201 Å². The SMILES string of the molecule is C.C.CCC(C)c1ccc(O)cc1.CCC(C)c1ccc(O)cc1.CCC(C)c1ccc(OC(=O)C23CC4CC(CC(C4)C2)C3)cc1.CCC(C)c1ccc(OCCOc2c(COC)cc(C)cc2COC)cc1.CCC(C)c1ccc(OCCOc2c(COC)cc(C)cc2COC)cc1.CCN(CC)CC.O=C(Cl)C12CC3CC(CC(C3)C1)C2. The lowest BCUT2D eigenvalue weighted by Crippen LogP contribution is -2.51. The first-order chi connectivity index (χ1) is 57.2. The summed E-state index contributed by atoms with van der Waals surface area (Å²) in [7, 11) is 6.76. The van der Waals surface area contributed by atoms with Gasteiger partial charge in [-0.25, -0.2) is 0 Å². The number of halogens is 1. The molecule has 5 unspecified atom stereocenters. The third-order valence-corrected chi connectivity index (χ3v) is 26.4. The summed E-state index contributed by atoms with van der Waals surface area (Å²) in [5, 5.41) is 18.0. The highest BCUT2D eigenvalue weighted by Crippen LogP contribution is 2.62. The van der Waals surface area contributed by atoms with Crippen LogP contribution < -0.4 is 23.7 Å². The fraction of sp³-hybridized carbons (Fsp3) is 0.585. The third kappa shape index (κ3) is 32.3. The van der Waals surface area contributed by atoms with Crippen LogP contribution in [0.5, 0.6) is 40.2 Å². The maximum atomic E-state index is 12.9. The number of hydrogen-bond donors (Lipinski definition) is 2. The molecule has 8 bridgehead atoms. The molecular weight excluding hydrogens is 1530 g/mol. The van der Waals surface area contributed by atoms with Crippen LogP contribution in [0.3, 0.4) is 0 Å². The van der Waals surface area contributed by atoms with Gasteiger partial charge in [0, 0.05) is 56.1 Å². The van der Waals surface area contributed by atoms with E-state index in [0.717, 1.165) is 157 Å². The summed E-state index contributed by atoms with van der Waals surface area (Å²) in [6, 6.07) is 48.0. The Morgan fingerprint density at radius 2 is 0.603 bits per heavy atom. The van der Waals surface area contributed by atoms with Gasteiger partial charge < -0.3 is 57.7 Å². The zero-order valence-corrected chi connectivity index (χ0v) is 77.0. The topological polar surface area (TPSA) is 161 Å². The van der Waals surface area contributed by atoms with E-state index in [9.17, 15) is 9.59 Å². The van der Waals surface area contributed by atoms with Gasteiger partial charge in [0.15, 0.2) is 0 Å². The van der Waals surface area contributed by atoms with E-state index in [1.54, 1.807) is 52.7 Å². The number of ether oxygens (including phenoxy) is 9. The molecule has 0 radical (unpaired) electrons. The molecule has 2 N–H and O–H groups in total. The highest BCUT2D eigenvalue weighted by Gasteiger charge is 2.56. The molecule has 0 heterocycles. The molecule has 8 aliphatic carbocycles. The van der Waals surface area contributed by atoms with Gasteiger partial charge in [-0.05, 0) is 308 Å². The lowest BCUT2D eigenvalue weighted by atomic mass is 9.49. The second kappa shape index (κ2) is 53.7. The average Bonchev–Trinajstić information content (AvgIpc) is 0.740. The fourth-order valence-electron chi connectivity index (χ4n) is 18.9. The number of carbonyl (C=O) groups is 2. The molecule has 15 heteroatoms. The summed E-state index contributed by atoms with van der Waals surface area (Å²) in [5.41, 5.74) is 12.8. The van der Waals surface area contributed by atoms with Crippen LogP contribution in [0.25, 0.3) is 0 Å². The summed E-state index contributed by atoms with van der Waals surface area (Å²) < 4.78 is 50.9. The minimum absolute atomic E-state index is 0. The Bertz CT molecular complexity index is 3740. The van der Waals surface area contributed by atoms with Crippen molar-refractivity contribution < 1.29 is 62.4 Å². The minimum atomic E-state index is -0.163. The number of esters is 1. The van der Waals surface area contributed by atoms with Crippen molar-refractivity contribution in [3.05, 3.63) is 207 Å². The van der Waals surface area contributed by atoms with Gasteiger partial charge in [0.2, 0.25) is 5.24 Å². The minimum Gasteiger partial charge on any atom is -0.508 e. The Hall–Kier alpha value is -7.43. The van der Waals surface area contributed by atoms with E-state index in [1.165, 1.54) is 97.1 Å². The van der Waals surface area contributed by atoms with E-state index >= 15 is 0 Å². The number of rotatable bonds is 34. The maximum Gasteiger partial charge on any atom is 0.317 e. The number of phenols is 2. The molecule has 7 aromatic rings. The lowest BCUT2D eigenvalue weighted by Gasteiger charge is -2.55. The van der Waals surface area contributed by atoms with Crippen LogP contribution in [0.1, 0.15) is 305 Å². The van der Waals surface area contributed by atoms with Crippen molar-refractivity contribution in [3.8, 4) is 40.2 Å². The molecule has 0 amide bonds. The van der Waals surface area contributed by atoms with Gasteiger partial charge >= 0.3 is 5.97 Å². The van der Waals surface area contributed by atoms with Crippen LogP contribution in [0.2, 0.25) is 0 Å². The third-order valence-electron chi connectivity index (χ3n) is 26.0. The Morgan fingerprint density at radius 3 is 0.826 bits per heavy atom. The summed E-state index contributed by atoms with van der Waals surface area (Å²) in [4.78, 5) is 26.8. The van der Waals surface area contributed by atoms with E-state index in [0.29, 0.717) is 93.9 Å². The normalized spacial score (nSPS) is 20.8. The van der Waals surface area contributed by atoms with Gasteiger partial charge in [-0.2, -0.15) is 0 Å². The number of hydrogen-bond acceptors (Lipinski definition) is 14. The first-order valence-electron chi connectivity index (χ1n) is 45.0. The quantitative estimate of drug-likeness (QED) is 0.0170. The van der Waals surface area contributed by atoms with Crippen molar-refractivity contribution in [1.29, 1.82) is 0 Å². The Kier molecular flexibility index (Phi) is 46.2. The highest BCUT2D eigenvalue weighted by atomic mass is 35.5. The molecule has 672 valence electrons. The molecule has 15 rings (SSSR count). The second-order valence-electron chi connectivity index (χ2n) is 35.1. The average molecular weight is 1690 g/mol. The van der Waals surface area contributed by atoms with Crippen molar-refractivity contribution in [3.63, 3.8) is 0 Å². The first-order valence-corrected chi connectivity index (χ1v) is 45.4. The smallest absolute Gasteiger partial charge is 0.317 e. The molecule has 5 atom stereocenters. The van der Waals surface area contributed by atoms with Gasteiger partial charge in [-0.3, -0.25) is 9.59 Å². The highest BCUT2D eigenvalue weighted by molar-refractivity contribution is 6.64. The van der Waals surface area contributed by atoms with E-state index in [-0.39, 0.29) is 36.9 Å². The summed E-state index contributed by atoms with van der Waals surface area (Å²) in [6.45, 7) is 40.2. The van der Waals surface area contributed by atoms with Gasteiger partial charge in [-0.15, -0.1) is 0 Å². The number of methoxy groups -OCH3 is 4. The van der Waals surface area contributed by atoms with E-state index < -0.39 is 0 Å². The zero-order chi connectivity index (χ0) is 86.6. The maximum absolute atomic E-state index is 12.9. The van der Waals surface area contributed by atoms with E-state index in [4.69, 9.17) is 64.4 Å². The zero-order valence-electron chi connectivity index (χ0n) is 76.2. The number of aryl methyl sites for hydroxylation is 2. The molecule has 14 nitrogen and oxygen atoms in total. The van der Waals surface area contributed by atoms with Gasteiger partial charge in [0.1, 0.15) is 66.7 Å². The standard InChI is InChI=1S/2C23H32O4.C21H28O2.C11H15ClO.2C10H14O.C6H15N.2CH4/c2*1-6-18(3)19-7-9-22(10-8-19)26-11-12-27-23-20(15-24-4)13-17(2)14-21(23)16-25-5;1-3-14(2)18-4-6-19(7-5-18)23-20(22)21-11-15-8-16(12-21)10-17(9-15)13-21;12-10(13)11-4-7-1-8(5-11)3-9(2-7)6-11;2*1-3-8(2)9-4-6-10(11)7-5-9;1-4-7(5-2)6-3;;/h2*7-10,13-14,18H,6,11-12,15-16H2,1-5H3;4-7,14-17H,3,8-13H2,1-2H3;7-9H,1-6H2;2*4-8,11H,3H2,1-2H3;4-6H2,1-3H3;2*1H4. The number of nitrogens with zero attached hydrogens (tertiary/aromatic N) is 1. The van der Waals surface area contributed by atoms with Gasteiger partial charge in [0.05, 0.1) is 31.8 Å². The molecule has 0 spiro atoms. The lowest BCUT2D eigenvalue weighted by molar-refractivity contribution is -0.161. The second-order valence-corrected chi connectivity index (χ2v) is 35.4. The van der Waals surface area contributed by atoms with Crippen molar-refractivity contribution >= 4 is 22.8 Å². The van der Waals surface area contributed by atoms with Gasteiger partial charge in [0.25, 0.3) is 0 Å². The monoisotopic (exact) mass is 1690 g/mol. The fourth-order valence-corrected chi connectivity index (χ4v) is 19.1. The molecule has 0 saturated heterocycles. The predicted octanol–water partition coefficient (Wildman–Crippen LogP) is 27.2. The summed E-state index contributed by atoms with van der Waals surface area (Å²) in [5.74, 6) is 12.6. The van der Waals surface area contributed by atoms with Crippen molar-refractivity contribution in [2.24, 2.45) is 46.3 Å². The summed E-state index contributed by atoms with van der Waals surface area (Å²) in [6.07, 6.45) is 20.4. The first kappa shape index (κ1) is 104. The molecule has 7 aromatic carbocycles. The van der Waals surface area contributed by atoms with Crippen molar-refractivity contribution in [1.82, 2.24) is 4.90 Å². The van der Waals surface area contributed by atoms with Crippen LogP contribution in [-0.4, -0.2) is 101 Å². The predicted molar refractivity (Wildman–Crippen MR) is 501 cm³/mol. The molecule has 0 aromatic heterocycles. The molecule has 8 aliphatic rings. The largest absolute Gasteiger partial charge is 0.508 e. The Labute approximate surface area is 737 Å². The van der Waals surface area contributed by atoms with E-state index in [1.807, 2.05) is 60.7 Å². The Morgan fingerprint density at radius 1 is 0.372 bits per heavy atom. The van der Waals surface area contributed by atoms with Crippen LogP contribution >= 0.6 is 11.6 Å². The number of phenolic OH excluding ortho intramolecular Hbond substituents is 2. The molecule has 0 aliphatic heterocycles. The van der Waals surface area contributed by atoms with Crippen LogP contribution in [-0.2, 0) is 55.0 Å². The van der Waals surface area contributed by atoms with Crippen molar-refractivity contribution in [2.75, 3.05) is 74.5 Å². The van der Waals surface area contributed by atoms with Crippen LogP contribution in [0.4, 0.5) is 0 Å².